The van der Waals surface area contributed by atoms with Crippen LogP contribution in [-0.4, -0.2) is 12.9 Å². The lowest BCUT2D eigenvalue weighted by Crippen LogP contribution is -2.09. The molecule has 14 heavy (non-hydrogen) atoms. The minimum atomic E-state index is -0.0156. The molecule has 0 aromatic heterocycles. The minimum Gasteiger partial charge on any atom is -0.495 e. The highest BCUT2D eigenvalue weighted by atomic mass is 79.9. The summed E-state index contributed by atoms with van der Waals surface area (Å²) in [6, 6.07) is 5.48. The van der Waals surface area contributed by atoms with Crippen molar-refractivity contribution in [1.82, 2.24) is 0 Å². The molecule has 0 saturated heterocycles. The van der Waals surface area contributed by atoms with Gasteiger partial charge in [0.15, 0.2) is 5.78 Å². The Morgan fingerprint density at radius 2 is 2.07 bits per heavy atom. The van der Waals surface area contributed by atoms with Crippen molar-refractivity contribution in [3.05, 3.63) is 28.2 Å². The first-order chi connectivity index (χ1) is 6.57. The number of hydrogen-bond acceptors (Lipinski definition) is 2. The highest BCUT2D eigenvalue weighted by Gasteiger charge is 2.16. The standard InChI is InChI=1S/C11H13BrO2/c1-7(2)10(13)8-5-4-6-9(12)11(8)14-3/h4-7H,1-3H3. The predicted octanol–water partition coefficient (Wildman–Crippen LogP) is 3.30. The average Bonchev–Trinajstić information content (AvgIpc) is 2.16. The number of ketones is 1. The molecule has 0 saturated carbocycles. The van der Waals surface area contributed by atoms with E-state index in [-0.39, 0.29) is 11.7 Å². The van der Waals surface area contributed by atoms with Gasteiger partial charge in [-0.15, -0.1) is 0 Å². The number of rotatable bonds is 3. The summed E-state index contributed by atoms with van der Waals surface area (Å²) in [5.41, 5.74) is 0.636. The van der Waals surface area contributed by atoms with Crippen LogP contribution in [0.2, 0.25) is 0 Å². The molecule has 1 aromatic carbocycles. The van der Waals surface area contributed by atoms with Gasteiger partial charge < -0.3 is 4.74 Å². The van der Waals surface area contributed by atoms with Crippen molar-refractivity contribution in [2.24, 2.45) is 5.92 Å². The molecule has 0 atom stereocenters. The number of benzene rings is 1. The van der Waals surface area contributed by atoms with Gasteiger partial charge in [-0.3, -0.25) is 4.79 Å². The van der Waals surface area contributed by atoms with Crippen LogP contribution in [0.4, 0.5) is 0 Å². The lowest BCUT2D eigenvalue weighted by Gasteiger charge is -2.10. The van der Waals surface area contributed by atoms with Crippen molar-refractivity contribution >= 4 is 21.7 Å². The lowest BCUT2D eigenvalue weighted by molar-refractivity contribution is 0.0936. The molecule has 1 aromatic rings. The van der Waals surface area contributed by atoms with Crippen molar-refractivity contribution in [3.63, 3.8) is 0 Å². The molecule has 1 rings (SSSR count). The topological polar surface area (TPSA) is 26.3 Å². The summed E-state index contributed by atoms with van der Waals surface area (Å²) in [5, 5.41) is 0. The van der Waals surface area contributed by atoms with Crippen LogP contribution >= 0.6 is 15.9 Å². The average molecular weight is 257 g/mol. The number of para-hydroxylation sites is 1. The SMILES string of the molecule is COc1c(Br)cccc1C(=O)C(C)C. The van der Waals surface area contributed by atoms with Crippen molar-refractivity contribution < 1.29 is 9.53 Å². The van der Waals surface area contributed by atoms with Gasteiger partial charge in [0.05, 0.1) is 17.1 Å². The van der Waals surface area contributed by atoms with E-state index in [2.05, 4.69) is 15.9 Å². The number of halogens is 1. The van der Waals surface area contributed by atoms with E-state index in [0.717, 1.165) is 4.47 Å². The normalized spacial score (nSPS) is 10.4. The largest absolute Gasteiger partial charge is 0.495 e. The van der Waals surface area contributed by atoms with E-state index in [4.69, 9.17) is 4.74 Å². The van der Waals surface area contributed by atoms with Crippen LogP contribution in [0, 0.1) is 5.92 Å². The number of ether oxygens (including phenoxy) is 1. The first-order valence-corrected chi connectivity index (χ1v) is 5.24. The Balaban J connectivity index is 3.20. The third-order valence-corrected chi connectivity index (χ3v) is 2.59. The van der Waals surface area contributed by atoms with Crippen molar-refractivity contribution in [2.45, 2.75) is 13.8 Å². The zero-order valence-corrected chi connectivity index (χ0v) is 10.1. The molecule has 0 aliphatic rings. The molecule has 0 spiro atoms. The number of carbonyl (C=O) groups excluding carboxylic acids is 1. The maximum absolute atomic E-state index is 11.8. The molecule has 0 N–H and O–H groups in total. The van der Waals surface area contributed by atoms with E-state index >= 15 is 0 Å². The maximum Gasteiger partial charge on any atom is 0.169 e. The Morgan fingerprint density at radius 3 is 2.57 bits per heavy atom. The molecule has 2 nitrogen and oxygen atoms in total. The van der Waals surface area contributed by atoms with Crippen LogP contribution in [0.25, 0.3) is 0 Å². The van der Waals surface area contributed by atoms with Gasteiger partial charge in [0.1, 0.15) is 5.75 Å². The molecule has 0 heterocycles. The number of methoxy groups -OCH3 is 1. The highest BCUT2D eigenvalue weighted by Crippen LogP contribution is 2.30. The van der Waals surface area contributed by atoms with E-state index in [1.807, 2.05) is 26.0 Å². The Morgan fingerprint density at radius 1 is 1.43 bits per heavy atom. The van der Waals surface area contributed by atoms with Gasteiger partial charge in [-0.2, -0.15) is 0 Å². The predicted molar refractivity (Wildman–Crippen MR) is 59.9 cm³/mol. The summed E-state index contributed by atoms with van der Waals surface area (Å²) < 4.78 is 5.99. The second-order valence-electron chi connectivity index (χ2n) is 3.34. The molecule has 0 aliphatic heterocycles. The summed E-state index contributed by atoms with van der Waals surface area (Å²) in [5.74, 6) is 0.701. The Kier molecular flexibility index (Phi) is 3.69. The summed E-state index contributed by atoms with van der Waals surface area (Å²) in [4.78, 5) is 11.8. The summed E-state index contributed by atoms with van der Waals surface area (Å²) >= 11 is 3.35. The molecule has 0 fully saturated rings. The fraction of sp³-hybridized carbons (Fsp3) is 0.364. The smallest absolute Gasteiger partial charge is 0.169 e. The molecule has 0 amide bonds. The minimum absolute atomic E-state index is 0.0156. The molecule has 0 radical (unpaired) electrons. The van der Waals surface area contributed by atoms with E-state index in [0.29, 0.717) is 11.3 Å². The van der Waals surface area contributed by atoms with Crippen LogP contribution in [0.15, 0.2) is 22.7 Å². The first kappa shape index (κ1) is 11.2. The van der Waals surface area contributed by atoms with Crippen LogP contribution in [-0.2, 0) is 0 Å². The molecule has 76 valence electrons. The Labute approximate surface area is 92.4 Å². The number of carbonyl (C=O) groups is 1. The second kappa shape index (κ2) is 4.60. The molecular weight excluding hydrogens is 244 g/mol. The van der Waals surface area contributed by atoms with E-state index in [9.17, 15) is 4.79 Å². The van der Waals surface area contributed by atoms with Gasteiger partial charge in [0.2, 0.25) is 0 Å². The van der Waals surface area contributed by atoms with Gasteiger partial charge in [-0.05, 0) is 28.1 Å². The molecule has 0 unspecified atom stereocenters. The van der Waals surface area contributed by atoms with E-state index in [1.54, 1.807) is 13.2 Å². The highest BCUT2D eigenvalue weighted by molar-refractivity contribution is 9.10. The van der Waals surface area contributed by atoms with Crippen molar-refractivity contribution in [1.29, 1.82) is 0 Å². The molecule has 0 bridgehead atoms. The summed E-state index contributed by atoms with van der Waals surface area (Å²) in [6.45, 7) is 3.76. The summed E-state index contributed by atoms with van der Waals surface area (Å²) in [6.07, 6.45) is 0. The van der Waals surface area contributed by atoms with E-state index in [1.165, 1.54) is 0 Å². The first-order valence-electron chi connectivity index (χ1n) is 4.44. The van der Waals surface area contributed by atoms with E-state index < -0.39 is 0 Å². The Hall–Kier alpha value is -0.830. The third kappa shape index (κ3) is 2.15. The molecule has 0 aliphatic carbocycles. The van der Waals surface area contributed by atoms with Crippen molar-refractivity contribution in [3.8, 4) is 5.75 Å². The zero-order chi connectivity index (χ0) is 10.7. The second-order valence-corrected chi connectivity index (χ2v) is 4.19. The number of hydrogen-bond donors (Lipinski definition) is 0. The maximum atomic E-state index is 11.8. The van der Waals surface area contributed by atoms with Crippen LogP contribution < -0.4 is 4.74 Å². The third-order valence-electron chi connectivity index (χ3n) is 1.96. The van der Waals surface area contributed by atoms with Gasteiger partial charge in [-0.25, -0.2) is 0 Å². The molecular formula is C11H13BrO2. The summed E-state index contributed by atoms with van der Waals surface area (Å²) in [7, 11) is 1.57. The molecule has 3 heteroatoms. The zero-order valence-electron chi connectivity index (χ0n) is 8.50. The number of Topliss-reactive ketones (excluding diaryl/α,β-unsaturated/α-hetero) is 1. The quantitative estimate of drug-likeness (QED) is 0.776. The van der Waals surface area contributed by atoms with Crippen molar-refractivity contribution in [2.75, 3.05) is 7.11 Å². The van der Waals surface area contributed by atoms with Gasteiger partial charge in [-0.1, -0.05) is 19.9 Å². The van der Waals surface area contributed by atoms with Crippen LogP contribution in [0.5, 0.6) is 5.75 Å². The fourth-order valence-corrected chi connectivity index (χ4v) is 1.75. The van der Waals surface area contributed by atoms with Gasteiger partial charge >= 0.3 is 0 Å². The fourth-order valence-electron chi connectivity index (χ4n) is 1.22. The monoisotopic (exact) mass is 256 g/mol. The van der Waals surface area contributed by atoms with Crippen LogP contribution in [0.3, 0.4) is 0 Å². The van der Waals surface area contributed by atoms with Crippen LogP contribution in [0.1, 0.15) is 24.2 Å². The van der Waals surface area contributed by atoms with Gasteiger partial charge in [0, 0.05) is 5.92 Å². The lowest BCUT2D eigenvalue weighted by atomic mass is 10.0. The Bertz CT molecular complexity index is 345. The van der Waals surface area contributed by atoms with Gasteiger partial charge in [0.25, 0.3) is 0 Å².